The van der Waals surface area contributed by atoms with E-state index in [1.54, 1.807) is 29.2 Å². The van der Waals surface area contributed by atoms with Gasteiger partial charge in [0.05, 0.1) is 5.75 Å². The van der Waals surface area contributed by atoms with Crippen LogP contribution in [0.25, 0.3) is 0 Å². The predicted octanol–water partition coefficient (Wildman–Crippen LogP) is 2.32. The van der Waals surface area contributed by atoms with Crippen molar-refractivity contribution in [2.24, 2.45) is 0 Å². The molecule has 1 aromatic carbocycles. The number of benzene rings is 1. The zero-order valence-corrected chi connectivity index (χ0v) is 14.4. The number of nitrogens with one attached hydrogen (secondary N) is 1. The smallest absolute Gasteiger partial charge is 0.245 e. The first-order valence-corrected chi connectivity index (χ1v) is 9.44. The third-order valence-corrected chi connectivity index (χ3v) is 4.94. The highest BCUT2D eigenvalue weighted by molar-refractivity contribution is 7.89. The zero-order valence-electron chi connectivity index (χ0n) is 13.6. The molecule has 0 aliphatic heterocycles. The number of hydrogen-bond acceptors (Lipinski definition) is 3. The van der Waals surface area contributed by atoms with Crippen LogP contribution in [0.5, 0.6) is 0 Å². The molecule has 0 heterocycles. The second kappa shape index (κ2) is 8.90. The van der Waals surface area contributed by atoms with E-state index in [0.717, 1.165) is 6.42 Å². The van der Waals surface area contributed by atoms with Crippen molar-refractivity contribution < 1.29 is 13.2 Å². The Morgan fingerprint density at radius 1 is 1.14 bits per heavy atom. The number of likely N-dealkylation sites (N-methyl/N-ethyl adjacent to an activating group) is 1. The lowest BCUT2D eigenvalue weighted by Crippen LogP contribution is -2.43. The summed E-state index contributed by atoms with van der Waals surface area (Å²) in [6.07, 6.45) is 1.37. The summed E-state index contributed by atoms with van der Waals surface area (Å²) in [6, 6.07) is 8.13. The summed E-state index contributed by atoms with van der Waals surface area (Å²) in [5.41, 5.74) is 0.666. The van der Waals surface area contributed by atoms with Gasteiger partial charge in [-0.1, -0.05) is 43.7 Å². The molecule has 6 heteroatoms. The van der Waals surface area contributed by atoms with E-state index in [-0.39, 0.29) is 11.7 Å². The Labute approximate surface area is 133 Å². The van der Waals surface area contributed by atoms with Crippen molar-refractivity contribution in [3.8, 4) is 0 Å². The van der Waals surface area contributed by atoms with Crippen molar-refractivity contribution in [2.45, 2.75) is 39.7 Å². The van der Waals surface area contributed by atoms with Crippen LogP contribution in [0.15, 0.2) is 30.3 Å². The number of sulfonamides is 1. The molecule has 1 aromatic rings. The minimum absolute atomic E-state index is 0.0400. The highest BCUT2D eigenvalue weighted by atomic mass is 32.2. The van der Waals surface area contributed by atoms with E-state index in [1.165, 1.54) is 0 Å². The molecule has 0 aromatic heterocycles. The van der Waals surface area contributed by atoms with Crippen LogP contribution in [-0.2, 0) is 14.8 Å². The topological polar surface area (TPSA) is 66.5 Å². The normalized spacial score (nSPS) is 12.9. The van der Waals surface area contributed by atoms with E-state index in [2.05, 4.69) is 4.72 Å². The molecular weight excluding hydrogens is 300 g/mol. The molecule has 1 rings (SSSR count). The van der Waals surface area contributed by atoms with Crippen molar-refractivity contribution in [3.05, 3.63) is 35.9 Å². The lowest BCUT2D eigenvalue weighted by molar-refractivity contribution is -0.132. The van der Waals surface area contributed by atoms with Gasteiger partial charge in [-0.15, -0.1) is 0 Å². The minimum atomic E-state index is -3.48. The Balaban J connectivity index is 3.05. The summed E-state index contributed by atoms with van der Waals surface area (Å²) in [6.45, 7) is 6.81. The van der Waals surface area contributed by atoms with E-state index < -0.39 is 16.1 Å². The van der Waals surface area contributed by atoms with Crippen molar-refractivity contribution in [3.63, 3.8) is 0 Å². The van der Waals surface area contributed by atoms with Gasteiger partial charge >= 0.3 is 0 Å². The van der Waals surface area contributed by atoms with Crippen LogP contribution in [0.2, 0.25) is 0 Å². The van der Waals surface area contributed by atoms with Crippen molar-refractivity contribution in [1.29, 1.82) is 0 Å². The maximum Gasteiger partial charge on any atom is 0.245 e. The van der Waals surface area contributed by atoms with Gasteiger partial charge in [-0.05, 0) is 25.8 Å². The first-order chi connectivity index (χ1) is 10.4. The molecule has 0 unspecified atom stereocenters. The number of carbonyl (C=O) groups excluding carboxylic acids is 1. The summed E-state index contributed by atoms with van der Waals surface area (Å²) in [5, 5.41) is 0. The quantitative estimate of drug-likeness (QED) is 0.757. The monoisotopic (exact) mass is 326 g/mol. The molecule has 0 bridgehead atoms. The number of rotatable bonds is 9. The molecule has 0 aliphatic rings. The zero-order chi connectivity index (χ0) is 16.6. The van der Waals surface area contributed by atoms with Gasteiger partial charge in [0.15, 0.2) is 0 Å². The van der Waals surface area contributed by atoms with Crippen LogP contribution in [0.3, 0.4) is 0 Å². The van der Waals surface area contributed by atoms with E-state index in [4.69, 9.17) is 0 Å². The Kier molecular flexibility index (Phi) is 7.55. The van der Waals surface area contributed by atoms with Gasteiger partial charge in [0, 0.05) is 13.1 Å². The molecule has 0 saturated heterocycles. The fraction of sp³-hybridized carbons (Fsp3) is 0.562. The van der Waals surface area contributed by atoms with Gasteiger partial charge in [0.25, 0.3) is 0 Å². The van der Waals surface area contributed by atoms with E-state index in [1.807, 2.05) is 26.8 Å². The minimum Gasteiger partial charge on any atom is -0.342 e. The molecule has 0 spiro atoms. The summed E-state index contributed by atoms with van der Waals surface area (Å²) < 4.78 is 27.0. The second-order valence-electron chi connectivity index (χ2n) is 5.14. The fourth-order valence-corrected chi connectivity index (χ4v) is 3.58. The average molecular weight is 326 g/mol. The van der Waals surface area contributed by atoms with Gasteiger partial charge in [0.1, 0.15) is 6.04 Å². The molecule has 0 radical (unpaired) electrons. The van der Waals surface area contributed by atoms with E-state index >= 15 is 0 Å². The van der Waals surface area contributed by atoms with Gasteiger partial charge in [-0.2, -0.15) is 4.72 Å². The lowest BCUT2D eigenvalue weighted by atomic mass is 10.1. The SMILES string of the molecule is CCCCS(=O)(=O)N[C@H](C(=O)N(CC)CC)c1ccccc1. The second-order valence-corrected chi connectivity index (χ2v) is 7.02. The summed E-state index contributed by atoms with van der Waals surface area (Å²) in [5.74, 6) is -0.172. The summed E-state index contributed by atoms with van der Waals surface area (Å²) >= 11 is 0. The molecule has 5 nitrogen and oxygen atoms in total. The van der Waals surface area contributed by atoms with E-state index in [9.17, 15) is 13.2 Å². The first kappa shape index (κ1) is 18.6. The number of nitrogens with zero attached hydrogens (tertiary/aromatic N) is 1. The molecule has 124 valence electrons. The van der Waals surface area contributed by atoms with Crippen LogP contribution in [0.4, 0.5) is 0 Å². The lowest BCUT2D eigenvalue weighted by Gasteiger charge is -2.26. The molecule has 1 atom stereocenters. The van der Waals surface area contributed by atoms with Crippen LogP contribution < -0.4 is 4.72 Å². The van der Waals surface area contributed by atoms with Crippen molar-refractivity contribution in [1.82, 2.24) is 9.62 Å². The molecule has 1 amide bonds. The highest BCUT2D eigenvalue weighted by Crippen LogP contribution is 2.17. The molecule has 1 N–H and O–H groups in total. The summed E-state index contributed by atoms with van der Waals surface area (Å²) in [4.78, 5) is 14.3. The van der Waals surface area contributed by atoms with Crippen molar-refractivity contribution >= 4 is 15.9 Å². The van der Waals surface area contributed by atoms with Gasteiger partial charge in [-0.3, -0.25) is 4.79 Å². The summed E-state index contributed by atoms with van der Waals surface area (Å²) in [7, 11) is -3.48. The standard InChI is InChI=1S/C16H26N2O3S/c1-4-7-13-22(20,21)17-15(14-11-9-8-10-12-14)16(19)18(5-2)6-3/h8-12,15,17H,4-7,13H2,1-3H3/t15-/m0/s1. The van der Waals surface area contributed by atoms with Crippen LogP contribution in [0.1, 0.15) is 45.2 Å². The predicted molar refractivity (Wildman–Crippen MR) is 88.9 cm³/mol. The molecular formula is C16H26N2O3S. The van der Waals surface area contributed by atoms with Gasteiger partial charge in [0.2, 0.25) is 15.9 Å². The van der Waals surface area contributed by atoms with Gasteiger partial charge in [-0.25, -0.2) is 8.42 Å². The van der Waals surface area contributed by atoms with Gasteiger partial charge < -0.3 is 4.90 Å². The third kappa shape index (κ3) is 5.42. The maximum absolute atomic E-state index is 12.7. The fourth-order valence-electron chi connectivity index (χ4n) is 2.20. The van der Waals surface area contributed by atoms with Crippen LogP contribution in [-0.4, -0.2) is 38.1 Å². The largest absolute Gasteiger partial charge is 0.342 e. The number of unbranched alkanes of at least 4 members (excludes halogenated alkanes) is 1. The maximum atomic E-state index is 12.7. The Bertz CT molecular complexity index is 554. The number of carbonyl (C=O) groups is 1. The molecule has 0 aliphatic carbocycles. The molecule has 0 fully saturated rings. The average Bonchev–Trinajstić information content (AvgIpc) is 2.52. The Hall–Kier alpha value is -1.40. The number of amides is 1. The van der Waals surface area contributed by atoms with Crippen LogP contribution >= 0.6 is 0 Å². The molecule has 22 heavy (non-hydrogen) atoms. The third-order valence-electron chi connectivity index (χ3n) is 3.52. The van der Waals surface area contributed by atoms with Crippen LogP contribution in [0, 0.1) is 0 Å². The van der Waals surface area contributed by atoms with E-state index in [0.29, 0.717) is 25.1 Å². The highest BCUT2D eigenvalue weighted by Gasteiger charge is 2.28. The first-order valence-electron chi connectivity index (χ1n) is 7.78. The molecule has 0 saturated carbocycles. The Morgan fingerprint density at radius 3 is 2.23 bits per heavy atom. The van der Waals surface area contributed by atoms with Crippen molar-refractivity contribution in [2.75, 3.05) is 18.8 Å². The Morgan fingerprint density at radius 2 is 1.73 bits per heavy atom. The number of hydrogen-bond donors (Lipinski definition) is 1.